The van der Waals surface area contributed by atoms with Gasteiger partial charge in [0, 0.05) is 26.3 Å². The first-order chi connectivity index (χ1) is 9.18. The Morgan fingerprint density at radius 2 is 1.68 bits per heavy atom. The SMILES string of the molecule is CC1CCNC1.CC1CCOC1.CN1CCOCC1. The highest BCUT2D eigenvalue weighted by Gasteiger charge is 2.07. The van der Waals surface area contributed by atoms with Gasteiger partial charge >= 0.3 is 0 Å². The minimum absolute atomic E-state index is 0.824. The number of hydrogen-bond acceptors (Lipinski definition) is 4. The van der Waals surface area contributed by atoms with Gasteiger partial charge in [-0.25, -0.2) is 0 Å². The van der Waals surface area contributed by atoms with Crippen molar-refractivity contribution in [1.82, 2.24) is 10.2 Å². The second-order valence-electron chi connectivity index (χ2n) is 5.98. The minimum Gasteiger partial charge on any atom is -0.381 e. The second-order valence-corrected chi connectivity index (χ2v) is 5.98. The fraction of sp³-hybridized carbons (Fsp3) is 1.00. The molecule has 0 aromatic rings. The van der Waals surface area contributed by atoms with Gasteiger partial charge in [0.25, 0.3) is 0 Å². The summed E-state index contributed by atoms with van der Waals surface area (Å²) in [6.45, 7) is 13.0. The van der Waals surface area contributed by atoms with Gasteiger partial charge in [0.2, 0.25) is 0 Å². The van der Waals surface area contributed by atoms with Gasteiger partial charge in [0.1, 0.15) is 0 Å². The average Bonchev–Trinajstić information content (AvgIpc) is 3.05. The van der Waals surface area contributed by atoms with Crippen LogP contribution >= 0.6 is 0 Å². The van der Waals surface area contributed by atoms with Crippen molar-refractivity contribution < 1.29 is 9.47 Å². The molecular formula is C15H32N2O2. The van der Waals surface area contributed by atoms with Crippen LogP contribution in [0.5, 0.6) is 0 Å². The van der Waals surface area contributed by atoms with Crippen LogP contribution in [0.15, 0.2) is 0 Å². The predicted molar refractivity (Wildman–Crippen MR) is 79.6 cm³/mol. The standard InChI is InChI=1S/C5H11NO.C5H11N.C5H10O/c1-6-2-4-7-5-3-6;2*1-5-2-3-6-4-5/h2-5H2,1H3;5-6H,2-4H2,1H3;5H,2-4H2,1H3. The monoisotopic (exact) mass is 272 g/mol. The Kier molecular flexibility index (Phi) is 9.43. The Morgan fingerprint density at radius 1 is 0.947 bits per heavy atom. The van der Waals surface area contributed by atoms with E-state index in [0.717, 1.165) is 51.4 Å². The highest BCUT2D eigenvalue weighted by molar-refractivity contribution is 4.65. The van der Waals surface area contributed by atoms with E-state index in [-0.39, 0.29) is 0 Å². The van der Waals surface area contributed by atoms with Crippen LogP contribution in [-0.4, -0.2) is 64.6 Å². The molecule has 2 atom stereocenters. The van der Waals surface area contributed by atoms with Crippen LogP contribution in [0.25, 0.3) is 0 Å². The van der Waals surface area contributed by atoms with Crippen molar-refractivity contribution in [3.8, 4) is 0 Å². The maximum Gasteiger partial charge on any atom is 0.0594 e. The predicted octanol–water partition coefficient (Wildman–Crippen LogP) is 1.61. The topological polar surface area (TPSA) is 33.7 Å². The molecule has 114 valence electrons. The normalized spacial score (nSPS) is 31.1. The van der Waals surface area contributed by atoms with Crippen LogP contribution in [0, 0.1) is 11.8 Å². The third kappa shape index (κ3) is 9.38. The first-order valence-electron chi connectivity index (χ1n) is 7.73. The van der Waals surface area contributed by atoms with E-state index in [1.54, 1.807) is 0 Å². The van der Waals surface area contributed by atoms with Crippen LogP contribution in [0.4, 0.5) is 0 Å². The molecular weight excluding hydrogens is 240 g/mol. The molecule has 0 aromatic carbocycles. The van der Waals surface area contributed by atoms with E-state index in [9.17, 15) is 0 Å². The van der Waals surface area contributed by atoms with E-state index in [1.807, 2.05) is 0 Å². The lowest BCUT2D eigenvalue weighted by molar-refractivity contribution is 0.0503. The van der Waals surface area contributed by atoms with Gasteiger partial charge in [-0.3, -0.25) is 0 Å². The average molecular weight is 272 g/mol. The third-order valence-electron chi connectivity index (χ3n) is 3.70. The third-order valence-corrected chi connectivity index (χ3v) is 3.70. The Labute approximate surface area is 118 Å². The molecule has 0 aromatic heterocycles. The van der Waals surface area contributed by atoms with Crippen molar-refractivity contribution in [2.75, 3.05) is 59.7 Å². The minimum atomic E-state index is 0.824. The summed E-state index contributed by atoms with van der Waals surface area (Å²) in [5.74, 6) is 1.76. The summed E-state index contributed by atoms with van der Waals surface area (Å²) in [6, 6.07) is 0. The molecule has 3 fully saturated rings. The number of nitrogens with one attached hydrogen (secondary N) is 1. The molecule has 4 nitrogen and oxygen atoms in total. The van der Waals surface area contributed by atoms with Gasteiger partial charge in [0.05, 0.1) is 13.2 Å². The van der Waals surface area contributed by atoms with Gasteiger partial charge < -0.3 is 19.7 Å². The van der Waals surface area contributed by atoms with E-state index < -0.39 is 0 Å². The molecule has 1 N–H and O–H groups in total. The smallest absolute Gasteiger partial charge is 0.0594 e. The molecule has 0 amide bonds. The Bertz CT molecular complexity index is 182. The molecule has 3 saturated heterocycles. The molecule has 3 rings (SSSR count). The second kappa shape index (κ2) is 10.6. The molecule has 0 bridgehead atoms. The van der Waals surface area contributed by atoms with Crippen molar-refractivity contribution in [1.29, 1.82) is 0 Å². The zero-order chi connectivity index (χ0) is 13.9. The summed E-state index contributed by atoms with van der Waals surface area (Å²) in [5.41, 5.74) is 0. The van der Waals surface area contributed by atoms with E-state index in [4.69, 9.17) is 9.47 Å². The van der Waals surface area contributed by atoms with Crippen LogP contribution in [-0.2, 0) is 9.47 Å². The summed E-state index contributed by atoms with van der Waals surface area (Å²) >= 11 is 0. The quantitative estimate of drug-likeness (QED) is 0.726. The lowest BCUT2D eigenvalue weighted by Gasteiger charge is -2.21. The van der Waals surface area contributed by atoms with Gasteiger partial charge in [-0.1, -0.05) is 13.8 Å². The molecule has 0 spiro atoms. The molecule has 0 aliphatic carbocycles. The van der Waals surface area contributed by atoms with Crippen molar-refractivity contribution in [3.05, 3.63) is 0 Å². The first kappa shape index (κ1) is 16.9. The summed E-state index contributed by atoms with van der Waals surface area (Å²) in [4.78, 5) is 2.27. The fourth-order valence-corrected chi connectivity index (χ4v) is 2.11. The Morgan fingerprint density at radius 3 is 1.89 bits per heavy atom. The number of hydrogen-bond donors (Lipinski definition) is 1. The van der Waals surface area contributed by atoms with Crippen LogP contribution < -0.4 is 5.32 Å². The number of ether oxygens (including phenoxy) is 2. The molecule has 3 heterocycles. The molecule has 2 unspecified atom stereocenters. The number of likely N-dealkylation sites (N-methyl/N-ethyl adjacent to an activating group) is 1. The van der Waals surface area contributed by atoms with Gasteiger partial charge in [-0.05, 0) is 44.8 Å². The maximum absolute atomic E-state index is 5.10. The summed E-state index contributed by atoms with van der Waals surface area (Å²) in [6.07, 6.45) is 2.64. The van der Waals surface area contributed by atoms with Crippen molar-refractivity contribution in [2.45, 2.75) is 26.7 Å². The molecule has 3 aliphatic rings. The van der Waals surface area contributed by atoms with E-state index in [1.165, 1.54) is 25.9 Å². The van der Waals surface area contributed by atoms with Crippen LogP contribution in [0.3, 0.4) is 0 Å². The number of rotatable bonds is 0. The van der Waals surface area contributed by atoms with E-state index in [0.29, 0.717) is 0 Å². The van der Waals surface area contributed by atoms with Crippen LogP contribution in [0.2, 0.25) is 0 Å². The highest BCUT2D eigenvalue weighted by atomic mass is 16.5. The first-order valence-corrected chi connectivity index (χ1v) is 7.73. The summed E-state index contributed by atoms with van der Waals surface area (Å²) < 4.78 is 10.2. The van der Waals surface area contributed by atoms with Crippen LogP contribution in [0.1, 0.15) is 26.7 Å². The number of nitrogens with zero attached hydrogens (tertiary/aromatic N) is 1. The fourth-order valence-electron chi connectivity index (χ4n) is 2.11. The molecule has 0 radical (unpaired) electrons. The Hall–Kier alpha value is -0.160. The summed E-state index contributed by atoms with van der Waals surface area (Å²) in [7, 11) is 2.11. The van der Waals surface area contributed by atoms with Gasteiger partial charge in [0.15, 0.2) is 0 Å². The molecule has 3 aliphatic heterocycles. The Balaban J connectivity index is 0.000000143. The lowest BCUT2D eigenvalue weighted by atomic mass is 10.2. The zero-order valence-corrected chi connectivity index (χ0v) is 13.0. The largest absolute Gasteiger partial charge is 0.381 e. The van der Waals surface area contributed by atoms with Crippen molar-refractivity contribution in [3.63, 3.8) is 0 Å². The van der Waals surface area contributed by atoms with Crippen molar-refractivity contribution in [2.24, 2.45) is 11.8 Å². The van der Waals surface area contributed by atoms with E-state index in [2.05, 4.69) is 31.1 Å². The molecule has 19 heavy (non-hydrogen) atoms. The van der Waals surface area contributed by atoms with Crippen molar-refractivity contribution >= 4 is 0 Å². The lowest BCUT2D eigenvalue weighted by Crippen LogP contribution is -2.32. The van der Waals surface area contributed by atoms with Gasteiger partial charge in [-0.15, -0.1) is 0 Å². The van der Waals surface area contributed by atoms with E-state index >= 15 is 0 Å². The number of morpholine rings is 1. The zero-order valence-electron chi connectivity index (χ0n) is 13.0. The molecule has 4 heteroatoms. The summed E-state index contributed by atoms with van der Waals surface area (Å²) in [5, 5.41) is 3.27. The molecule has 0 saturated carbocycles. The highest BCUT2D eigenvalue weighted by Crippen LogP contribution is 2.09. The maximum atomic E-state index is 5.10. The van der Waals surface area contributed by atoms with Gasteiger partial charge in [-0.2, -0.15) is 0 Å².